The Morgan fingerprint density at radius 1 is 1.00 bits per heavy atom. The summed E-state index contributed by atoms with van der Waals surface area (Å²) in [6, 6.07) is 9.26. The lowest BCUT2D eigenvalue weighted by Crippen LogP contribution is -2.20. The lowest BCUT2D eigenvalue weighted by molar-refractivity contribution is 0.498. The van der Waals surface area contributed by atoms with Gasteiger partial charge in [-0.1, -0.05) is 38.8 Å². The molecule has 1 atom stereocenters. The molecule has 1 aromatic carbocycles. The van der Waals surface area contributed by atoms with Gasteiger partial charge in [0.2, 0.25) is 0 Å². The third kappa shape index (κ3) is 6.11. The lowest BCUT2D eigenvalue weighted by atomic mass is 10.1. The second-order valence-electron chi connectivity index (χ2n) is 6.05. The van der Waals surface area contributed by atoms with Crippen molar-refractivity contribution in [3.8, 4) is 0 Å². The molecule has 2 nitrogen and oxygen atoms in total. The van der Waals surface area contributed by atoms with Crippen LogP contribution in [0.1, 0.15) is 51.6 Å². The monoisotopic (exact) mass is 262 g/mol. The Balaban J connectivity index is 2.31. The normalized spacial score (nSPS) is 12.7. The van der Waals surface area contributed by atoms with Gasteiger partial charge in [0.05, 0.1) is 0 Å². The first kappa shape index (κ1) is 16.0. The van der Waals surface area contributed by atoms with Crippen LogP contribution in [0.5, 0.6) is 0 Å². The molecule has 0 spiro atoms. The molecule has 0 aliphatic heterocycles. The number of nitrogens with zero attached hydrogens (tertiary/aromatic N) is 1. The molecular formula is C17H30N2. The fourth-order valence-corrected chi connectivity index (χ4v) is 2.18. The molecule has 0 amide bonds. The zero-order chi connectivity index (χ0) is 14.3. The molecule has 2 heteroatoms. The van der Waals surface area contributed by atoms with Crippen molar-refractivity contribution in [1.82, 2.24) is 5.32 Å². The molecule has 0 saturated carbocycles. The molecule has 1 rings (SSSR count). The molecule has 1 unspecified atom stereocenters. The maximum absolute atomic E-state index is 3.61. The Hall–Kier alpha value is -1.02. The van der Waals surface area contributed by atoms with Gasteiger partial charge in [0.1, 0.15) is 0 Å². The molecule has 1 N–H and O–H groups in total. The van der Waals surface area contributed by atoms with Gasteiger partial charge < -0.3 is 10.2 Å². The Bertz CT molecular complexity index is 341. The minimum absolute atomic E-state index is 0.440. The molecule has 19 heavy (non-hydrogen) atoms. The molecule has 0 fully saturated rings. The molecule has 0 aliphatic rings. The smallest absolute Gasteiger partial charge is 0.0361 e. The summed E-state index contributed by atoms with van der Waals surface area (Å²) in [5.74, 6) is 0.830. The zero-order valence-corrected chi connectivity index (χ0v) is 13.2. The van der Waals surface area contributed by atoms with E-state index in [1.165, 1.54) is 30.5 Å². The van der Waals surface area contributed by atoms with E-state index in [2.05, 4.69) is 69.3 Å². The van der Waals surface area contributed by atoms with Gasteiger partial charge in [0, 0.05) is 25.8 Å². The van der Waals surface area contributed by atoms with E-state index in [0.29, 0.717) is 6.04 Å². The standard InChI is InChI=1S/C17H30N2/c1-14(2)8-6-7-13-18-15(3)16-9-11-17(12-10-16)19(4)5/h9-12,14-15,18H,6-8,13H2,1-5H3. The van der Waals surface area contributed by atoms with Crippen LogP contribution in [0.15, 0.2) is 24.3 Å². The average Bonchev–Trinajstić information content (AvgIpc) is 2.37. The summed E-state index contributed by atoms with van der Waals surface area (Å²) >= 11 is 0. The van der Waals surface area contributed by atoms with Crippen LogP contribution in [0.3, 0.4) is 0 Å². The van der Waals surface area contributed by atoms with Gasteiger partial charge in [0.25, 0.3) is 0 Å². The van der Waals surface area contributed by atoms with Crippen molar-refractivity contribution in [2.75, 3.05) is 25.5 Å². The van der Waals surface area contributed by atoms with Gasteiger partial charge in [-0.3, -0.25) is 0 Å². The predicted octanol–water partition coefficient (Wildman–Crippen LogP) is 4.23. The van der Waals surface area contributed by atoms with E-state index in [1.807, 2.05) is 0 Å². The van der Waals surface area contributed by atoms with Gasteiger partial charge in [-0.05, 0) is 43.5 Å². The summed E-state index contributed by atoms with van der Waals surface area (Å²) in [7, 11) is 4.15. The molecule has 0 aromatic heterocycles. The summed E-state index contributed by atoms with van der Waals surface area (Å²) in [4.78, 5) is 2.13. The molecule has 108 valence electrons. The summed E-state index contributed by atoms with van der Waals surface area (Å²) in [6.07, 6.45) is 3.95. The van der Waals surface area contributed by atoms with Crippen molar-refractivity contribution < 1.29 is 0 Å². The van der Waals surface area contributed by atoms with E-state index in [4.69, 9.17) is 0 Å². The van der Waals surface area contributed by atoms with E-state index >= 15 is 0 Å². The Kier molecular flexibility index (Phi) is 6.93. The van der Waals surface area contributed by atoms with Gasteiger partial charge in [-0.15, -0.1) is 0 Å². The third-order valence-electron chi connectivity index (χ3n) is 3.57. The molecule has 0 radical (unpaired) electrons. The quantitative estimate of drug-likeness (QED) is 0.705. The number of unbranched alkanes of at least 4 members (excludes halogenated alkanes) is 1. The second-order valence-corrected chi connectivity index (χ2v) is 6.05. The highest BCUT2D eigenvalue weighted by molar-refractivity contribution is 5.46. The number of rotatable bonds is 8. The molecular weight excluding hydrogens is 232 g/mol. The molecule has 0 bridgehead atoms. The Morgan fingerprint density at radius 3 is 2.16 bits per heavy atom. The number of benzene rings is 1. The van der Waals surface area contributed by atoms with Crippen molar-refractivity contribution in [2.45, 2.75) is 46.1 Å². The zero-order valence-electron chi connectivity index (χ0n) is 13.2. The fraction of sp³-hybridized carbons (Fsp3) is 0.647. The minimum atomic E-state index is 0.440. The van der Waals surface area contributed by atoms with Crippen molar-refractivity contribution in [3.05, 3.63) is 29.8 Å². The van der Waals surface area contributed by atoms with Crippen LogP contribution in [0.2, 0.25) is 0 Å². The maximum atomic E-state index is 3.61. The second kappa shape index (κ2) is 8.21. The first-order valence-electron chi connectivity index (χ1n) is 7.51. The van der Waals surface area contributed by atoms with Crippen molar-refractivity contribution in [1.29, 1.82) is 0 Å². The first-order chi connectivity index (χ1) is 9.00. The molecule has 0 heterocycles. The first-order valence-corrected chi connectivity index (χ1v) is 7.51. The summed E-state index contributed by atoms with van der Waals surface area (Å²) in [5, 5.41) is 3.61. The van der Waals surface area contributed by atoms with Crippen LogP contribution in [0, 0.1) is 5.92 Å². The SMILES string of the molecule is CC(C)CCCCNC(C)c1ccc(N(C)C)cc1. The number of anilines is 1. The van der Waals surface area contributed by atoms with Crippen LogP contribution in [0.4, 0.5) is 5.69 Å². The predicted molar refractivity (Wildman–Crippen MR) is 85.9 cm³/mol. The van der Waals surface area contributed by atoms with Gasteiger partial charge in [-0.2, -0.15) is 0 Å². The highest BCUT2D eigenvalue weighted by atomic mass is 15.1. The highest BCUT2D eigenvalue weighted by Gasteiger charge is 2.04. The van der Waals surface area contributed by atoms with Crippen LogP contribution >= 0.6 is 0 Å². The van der Waals surface area contributed by atoms with Crippen molar-refractivity contribution in [2.24, 2.45) is 5.92 Å². The topological polar surface area (TPSA) is 15.3 Å². The lowest BCUT2D eigenvalue weighted by Gasteiger charge is -2.17. The van der Waals surface area contributed by atoms with Crippen LogP contribution in [0.25, 0.3) is 0 Å². The van der Waals surface area contributed by atoms with Crippen LogP contribution in [-0.4, -0.2) is 20.6 Å². The Labute approximate surface area is 119 Å². The maximum Gasteiger partial charge on any atom is 0.0361 e. The highest BCUT2D eigenvalue weighted by Crippen LogP contribution is 2.17. The van der Waals surface area contributed by atoms with Crippen molar-refractivity contribution in [3.63, 3.8) is 0 Å². The number of hydrogen-bond acceptors (Lipinski definition) is 2. The van der Waals surface area contributed by atoms with E-state index in [1.54, 1.807) is 0 Å². The van der Waals surface area contributed by atoms with Crippen LogP contribution < -0.4 is 10.2 Å². The summed E-state index contributed by atoms with van der Waals surface area (Å²) < 4.78 is 0. The largest absolute Gasteiger partial charge is 0.378 e. The molecule has 0 saturated heterocycles. The van der Waals surface area contributed by atoms with E-state index in [-0.39, 0.29) is 0 Å². The van der Waals surface area contributed by atoms with E-state index in [9.17, 15) is 0 Å². The Morgan fingerprint density at radius 2 is 1.63 bits per heavy atom. The van der Waals surface area contributed by atoms with Gasteiger partial charge >= 0.3 is 0 Å². The van der Waals surface area contributed by atoms with Crippen LogP contribution in [-0.2, 0) is 0 Å². The van der Waals surface area contributed by atoms with Gasteiger partial charge in [-0.25, -0.2) is 0 Å². The van der Waals surface area contributed by atoms with E-state index < -0.39 is 0 Å². The molecule has 0 aliphatic carbocycles. The summed E-state index contributed by atoms with van der Waals surface area (Å²) in [6.45, 7) is 7.95. The summed E-state index contributed by atoms with van der Waals surface area (Å²) in [5.41, 5.74) is 2.63. The number of nitrogens with one attached hydrogen (secondary N) is 1. The number of hydrogen-bond donors (Lipinski definition) is 1. The molecule has 1 aromatic rings. The average molecular weight is 262 g/mol. The van der Waals surface area contributed by atoms with Crippen molar-refractivity contribution >= 4 is 5.69 Å². The fourth-order valence-electron chi connectivity index (χ4n) is 2.18. The van der Waals surface area contributed by atoms with Gasteiger partial charge in [0.15, 0.2) is 0 Å². The van der Waals surface area contributed by atoms with E-state index in [0.717, 1.165) is 12.5 Å². The third-order valence-corrected chi connectivity index (χ3v) is 3.57. The minimum Gasteiger partial charge on any atom is -0.378 e.